The highest BCUT2D eigenvalue weighted by Crippen LogP contribution is 2.25. The Hall–Kier alpha value is -1.71. The minimum absolute atomic E-state index is 0.0712. The van der Waals surface area contributed by atoms with Crippen molar-refractivity contribution in [1.29, 1.82) is 0 Å². The van der Waals surface area contributed by atoms with Crippen LogP contribution in [0.3, 0.4) is 0 Å². The van der Waals surface area contributed by atoms with Crippen molar-refractivity contribution in [1.82, 2.24) is 0 Å². The molecule has 0 aliphatic rings. The highest BCUT2D eigenvalue weighted by Gasteiger charge is 2.14. The first-order valence-electron chi connectivity index (χ1n) is 4.81. The molecule has 0 radical (unpaired) electrons. The Labute approximate surface area is 88.6 Å². The van der Waals surface area contributed by atoms with Gasteiger partial charge in [-0.1, -0.05) is 19.9 Å². The predicted octanol–water partition coefficient (Wildman–Crippen LogP) is 2.16. The Kier molecular flexibility index (Phi) is 3.55. The first-order chi connectivity index (χ1) is 7.02. The maximum absolute atomic E-state index is 10.9. The smallest absolute Gasteiger partial charge is 0.341 e. The van der Waals surface area contributed by atoms with E-state index < -0.39 is 5.97 Å². The third-order valence-electron chi connectivity index (χ3n) is 1.96. The highest BCUT2D eigenvalue weighted by molar-refractivity contribution is 5.97. The van der Waals surface area contributed by atoms with Gasteiger partial charge < -0.3 is 15.5 Å². The molecule has 0 bridgehead atoms. The molecule has 0 unspecified atom stereocenters. The molecule has 3 N–H and O–H groups in total. The third kappa shape index (κ3) is 2.87. The van der Waals surface area contributed by atoms with Crippen LogP contribution < -0.4 is 5.32 Å². The molecule has 1 rings (SSSR count). The van der Waals surface area contributed by atoms with Gasteiger partial charge >= 0.3 is 5.97 Å². The Bertz CT molecular complexity index is 361. The van der Waals surface area contributed by atoms with Gasteiger partial charge in [-0.25, -0.2) is 4.79 Å². The number of benzene rings is 1. The molecular formula is C11H15NO3. The Morgan fingerprint density at radius 2 is 2.13 bits per heavy atom. The summed E-state index contributed by atoms with van der Waals surface area (Å²) < 4.78 is 0. The van der Waals surface area contributed by atoms with E-state index in [1.165, 1.54) is 6.07 Å². The lowest BCUT2D eigenvalue weighted by Gasteiger charge is -2.12. The number of aromatic carboxylic acids is 1. The third-order valence-corrected chi connectivity index (χ3v) is 1.96. The minimum atomic E-state index is -1.13. The monoisotopic (exact) mass is 209 g/mol. The van der Waals surface area contributed by atoms with Crippen molar-refractivity contribution in [3.8, 4) is 5.75 Å². The second kappa shape index (κ2) is 4.68. The van der Waals surface area contributed by atoms with Crippen molar-refractivity contribution >= 4 is 11.7 Å². The van der Waals surface area contributed by atoms with E-state index in [4.69, 9.17) is 5.11 Å². The summed E-state index contributed by atoms with van der Waals surface area (Å²) in [5, 5.41) is 21.3. The van der Waals surface area contributed by atoms with Crippen LogP contribution in [0.25, 0.3) is 0 Å². The van der Waals surface area contributed by atoms with E-state index in [9.17, 15) is 9.90 Å². The molecule has 0 aromatic heterocycles. The number of carboxylic acid groups (broad SMARTS) is 1. The van der Waals surface area contributed by atoms with Gasteiger partial charge in [0.15, 0.2) is 0 Å². The van der Waals surface area contributed by atoms with Crippen LogP contribution in [-0.4, -0.2) is 22.7 Å². The summed E-state index contributed by atoms with van der Waals surface area (Å²) in [6.45, 7) is 4.72. The molecular weight excluding hydrogens is 194 g/mol. The van der Waals surface area contributed by atoms with Crippen molar-refractivity contribution in [2.75, 3.05) is 11.9 Å². The summed E-state index contributed by atoms with van der Waals surface area (Å²) in [5.41, 5.74) is 0.384. The lowest BCUT2D eigenvalue weighted by Crippen LogP contribution is -2.11. The van der Waals surface area contributed by atoms with Crippen LogP contribution in [0.2, 0.25) is 0 Å². The fraction of sp³-hybridized carbons (Fsp3) is 0.364. The summed E-state index contributed by atoms with van der Waals surface area (Å²) in [7, 11) is 0. The fourth-order valence-electron chi connectivity index (χ4n) is 1.23. The van der Waals surface area contributed by atoms with Crippen LogP contribution in [-0.2, 0) is 0 Å². The van der Waals surface area contributed by atoms with E-state index in [1.807, 2.05) is 13.8 Å². The van der Waals surface area contributed by atoms with Crippen molar-refractivity contribution in [3.63, 3.8) is 0 Å². The van der Waals surface area contributed by atoms with Crippen LogP contribution in [0.5, 0.6) is 5.75 Å². The molecule has 15 heavy (non-hydrogen) atoms. The standard InChI is InChI=1S/C11H15NO3/c1-7(2)6-12-8-4-3-5-9(13)10(8)11(14)15/h3-5,7,12-13H,6H2,1-2H3,(H,14,15). The average Bonchev–Trinajstić information content (AvgIpc) is 2.13. The largest absolute Gasteiger partial charge is 0.507 e. The molecule has 0 heterocycles. The first kappa shape index (κ1) is 11.4. The molecule has 0 atom stereocenters. The van der Waals surface area contributed by atoms with E-state index in [0.29, 0.717) is 18.2 Å². The van der Waals surface area contributed by atoms with Crippen molar-refractivity contribution < 1.29 is 15.0 Å². The molecule has 0 saturated heterocycles. The Morgan fingerprint density at radius 3 is 2.67 bits per heavy atom. The normalized spacial score (nSPS) is 10.3. The number of carboxylic acids is 1. The van der Waals surface area contributed by atoms with Crippen LogP contribution in [0.4, 0.5) is 5.69 Å². The van der Waals surface area contributed by atoms with Gasteiger partial charge in [0, 0.05) is 6.54 Å². The molecule has 4 nitrogen and oxygen atoms in total. The van der Waals surface area contributed by atoms with Gasteiger partial charge in [0.05, 0.1) is 5.69 Å². The van der Waals surface area contributed by atoms with Crippen LogP contribution in [0, 0.1) is 5.92 Å². The van der Waals surface area contributed by atoms with Crippen LogP contribution in [0.15, 0.2) is 18.2 Å². The lowest BCUT2D eigenvalue weighted by molar-refractivity contribution is 0.0695. The molecule has 0 aliphatic carbocycles. The molecule has 0 fully saturated rings. The molecule has 1 aromatic rings. The number of rotatable bonds is 4. The van der Waals surface area contributed by atoms with Gasteiger partial charge in [-0.3, -0.25) is 0 Å². The second-order valence-electron chi connectivity index (χ2n) is 3.78. The lowest BCUT2D eigenvalue weighted by atomic mass is 10.1. The predicted molar refractivity (Wildman–Crippen MR) is 58.4 cm³/mol. The number of phenols is 1. The Morgan fingerprint density at radius 1 is 1.47 bits per heavy atom. The zero-order valence-electron chi connectivity index (χ0n) is 8.82. The molecule has 0 spiro atoms. The molecule has 0 saturated carbocycles. The maximum atomic E-state index is 10.9. The molecule has 0 aliphatic heterocycles. The van der Waals surface area contributed by atoms with Gasteiger partial charge in [0.25, 0.3) is 0 Å². The topological polar surface area (TPSA) is 69.6 Å². The van der Waals surface area contributed by atoms with Crippen LogP contribution in [0.1, 0.15) is 24.2 Å². The highest BCUT2D eigenvalue weighted by atomic mass is 16.4. The number of hydrogen-bond acceptors (Lipinski definition) is 3. The molecule has 82 valence electrons. The van der Waals surface area contributed by atoms with Gasteiger partial charge in [-0.05, 0) is 18.1 Å². The summed E-state index contributed by atoms with van der Waals surface area (Å²) in [6, 6.07) is 4.62. The van der Waals surface area contributed by atoms with Crippen molar-refractivity contribution in [2.24, 2.45) is 5.92 Å². The van der Waals surface area contributed by atoms with E-state index in [-0.39, 0.29) is 11.3 Å². The zero-order chi connectivity index (χ0) is 11.4. The number of carbonyl (C=O) groups is 1. The minimum Gasteiger partial charge on any atom is -0.507 e. The number of nitrogens with one attached hydrogen (secondary N) is 1. The van der Waals surface area contributed by atoms with Gasteiger partial charge in [0.1, 0.15) is 11.3 Å². The number of aromatic hydroxyl groups is 1. The zero-order valence-corrected chi connectivity index (χ0v) is 8.82. The number of hydrogen-bond donors (Lipinski definition) is 3. The van der Waals surface area contributed by atoms with Gasteiger partial charge in [0.2, 0.25) is 0 Å². The summed E-state index contributed by atoms with van der Waals surface area (Å²) in [6.07, 6.45) is 0. The van der Waals surface area contributed by atoms with E-state index in [2.05, 4.69) is 5.32 Å². The van der Waals surface area contributed by atoms with E-state index in [0.717, 1.165) is 0 Å². The van der Waals surface area contributed by atoms with E-state index >= 15 is 0 Å². The summed E-state index contributed by atoms with van der Waals surface area (Å²) >= 11 is 0. The SMILES string of the molecule is CC(C)CNc1cccc(O)c1C(=O)O. The average molecular weight is 209 g/mol. The molecule has 0 amide bonds. The van der Waals surface area contributed by atoms with Crippen LogP contribution >= 0.6 is 0 Å². The molecule has 4 heteroatoms. The fourth-order valence-corrected chi connectivity index (χ4v) is 1.23. The summed E-state index contributed by atoms with van der Waals surface area (Å²) in [5.74, 6) is -0.926. The summed E-state index contributed by atoms with van der Waals surface area (Å²) in [4.78, 5) is 10.9. The van der Waals surface area contributed by atoms with Crippen molar-refractivity contribution in [2.45, 2.75) is 13.8 Å². The van der Waals surface area contributed by atoms with Gasteiger partial charge in [-0.15, -0.1) is 0 Å². The molecule has 1 aromatic carbocycles. The first-order valence-corrected chi connectivity index (χ1v) is 4.81. The quantitative estimate of drug-likeness (QED) is 0.710. The maximum Gasteiger partial charge on any atom is 0.341 e. The van der Waals surface area contributed by atoms with Gasteiger partial charge in [-0.2, -0.15) is 0 Å². The van der Waals surface area contributed by atoms with E-state index in [1.54, 1.807) is 12.1 Å². The Balaban J connectivity index is 2.96. The second-order valence-corrected chi connectivity index (χ2v) is 3.78. The van der Waals surface area contributed by atoms with Crippen molar-refractivity contribution in [3.05, 3.63) is 23.8 Å². The number of anilines is 1.